The number of phosphoric ester groups is 2. The zero-order valence-corrected chi connectivity index (χ0v) is 65.5. The van der Waals surface area contributed by atoms with Gasteiger partial charge in [0.05, 0.1) is 26.4 Å². The third kappa shape index (κ3) is 73.5. The quantitative estimate of drug-likeness (QED) is 0.0169. The summed E-state index contributed by atoms with van der Waals surface area (Å²) in [6, 6.07) is 0. The minimum absolute atomic E-state index is 0.0661. The van der Waals surface area contributed by atoms with Crippen molar-refractivity contribution < 1.29 is 80.2 Å². The first-order valence-electron chi connectivity index (χ1n) is 39.4. The molecule has 19 heteroatoms. The van der Waals surface area contributed by atoms with Crippen LogP contribution in [0.1, 0.15) is 310 Å². The van der Waals surface area contributed by atoms with Crippen molar-refractivity contribution in [2.45, 2.75) is 329 Å². The van der Waals surface area contributed by atoms with Crippen molar-refractivity contribution in [2.24, 2.45) is 0 Å². The van der Waals surface area contributed by atoms with Crippen LogP contribution in [0, 0.1) is 0 Å². The summed E-state index contributed by atoms with van der Waals surface area (Å²) >= 11 is 0. The third-order valence-corrected chi connectivity index (χ3v) is 18.0. The van der Waals surface area contributed by atoms with Crippen LogP contribution in [0.5, 0.6) is 0 Å². The number of aliphatic hydroxyl groups is 1. The minimum atomic E-state index is -4.99. The van der Waals surface area contributed by atoms with Crippen molar-refractivity contribution >= 4 is 39.5 Å². The highest BCUT2D eigenvalue weighted by atomic mass is 31.2. The fourth-order valence-corrected chi connectivity index (χ4v) is 11.8. The predicted molar refractivity (Wildman–Crippen MR) is 418 cm³/mol. The van der Waals surface area contributed by atoms with Crippen LogP contribution < -0.4 is 0 Å². The molecule has 0 heterocycles. The lowest BCUT2D eigenvalue weighted by Crippen LogP contribution is -2.30. The number of hydrogen-bond donors (Lipinski definition) is 3. The average molecular weight is 1470 g/mol. The molecule has 0 aromatic carbocycles. The number of rotatable bonds is 73. The van der Waals surface area contributed by atoms with Gasteiger partial charge in [-0.25, -0.2) is 9.13 Å². The van der Waals surface area contributed by atoms with Gasteiger partial charge in [-0.3, -0.25) is 37.3 Å². The lowest BCUT2D eigenvalue weighted by molar-refractivity contribution is -0.161. The van der Waals surface area contributed by atoms with Crippen LogP contribution in [-0.2, 0) is 65.4 Å². The third-order valence-electron chi connectivity index (χ3n) is 16.1. The maximum atomic E-state index is 13.1. The highest BCUT2D eigenvalue weighted by molar-refractivity contribution is 7.47. The van der Waals surface area contributed by atoms with E-state index in [-0.39, 0.29) is 25.7 Å². The first-order chi connectivity index (χ1) is 49.7. The minimum Gasteiger partial charge on any atom is -0.462 e. The first kappa shape index (κ1) is 97.2. The molecule has 5 atom stereocenters. The van der Waals surface area contributed by atoms with Crippen molar-refractivity contribution in [1.29, 1.82) is 0 Å². The zero-order chi connectivity index (χ0) is 74.6. The molecule has 0 saturated heterocycles. The number of carbonyl (C=O) groups excluding carboxylic acids is 4. The molecule has 0 radical (unpaired) electrons. The number of aliphatic hydroxyl groups excluding tert-OH is 1. The standard InChI is InChI=1S/C83H140O17P2/c1-5-9-13-17-21-25-29-33-37-38-42-44-48-52-56-60-64-68-81(86)94-74-79(100-83(88)70-66-62-58-54-50-46-41-36-32-28-24-20-16-12-8-4)76-98-102(91,92)96-72-77(84)71-95-101(89,90)97-75-78(99-82(87)69-65-61-57-53-49-45-40-35-31-27-23-19-15-11-7-3)73-93-80(85)67-63-59-55-51-47-43-39-34-30-26-22-18-14-10-6-2/h9-10,12-14,16,21-22,24-26,28,33-37,39-42,44,77-79,84H,5-8,11,15,17-20,23,27,29-32,38,43,45-76H2,1-4H3,(H,89,90)(H,91,92)/b13-9-,14-10-,16-12-,25-21-,26-22-,28-24-,37-33-,39-34-,40-35-,41-36-,44-42-. The van der Waals surface area contributed by atoms with Crippen molar-refractivity contribution in [1.82, 2.24) is 0 Å². The van der Waals surface area contributed by atoms with Crippen molar-refractivity contribution in [2.75, 3.05) is 39.6 Å². The Hall–Kier alpha value is -4.80. The summed E-state index contributed by atoms with van der Waals surface area (Å²) in [6.07, 6.45) is 82.9. The highest BCUT2D eigenvalue weighted by Gasteiger charge is 2.30. The fraction of sp³-hybridized carbons (Fsp3) is 0.687. The van der Waals surface area contributed by atoms with Crippen molar-refractivity contribution in [3.8, 4) is 0 Å². The molecule has 5 unspecified atom stereocenters. The van der Waals surface area contributed by atoms with Gasteiger partial charge in [0.25, 0.3) is 0 Å². The van der Waals surface area contributed by atoms with Crippen LogP contribution in [0.25, 0.3) is 0 Å². The Labute approximate surface area is 618 Å². The smallest absolute Gasteiger partial charge is 0.462 e. The number of hydrogen-bond acceptors (Lipinski definition) is 15. The van der Waals surface area contributed by atoms with Gasteiger partial charge in [0.1, 0.15) is 19.3 Å². The van der Waals surface area contributed by atoms with E-state index in [9.17, 15) is 43.2 Å². The number of ether oxygens (including phenoxy) is 4. The molecular weight excluding hydrogens is 1330 g/mol. The van der Waals surface area contributed by atoms with Crippen molar-refractivity contribution in [3.63, 3.8) is 0 Å². The Morgan fingerprint density at radius 1 is 0.284 bits per heavy atom. The van der Waals surface area contributed by atoms with Crippen LogP contribution >= 0.6 is 15.6 Å². The van der Waals surface area contributed by atoms with Crippen LogP contribution in [0.3, 0.4) is 0 Å². The van der Waals surface area contributed by atoms with Gasteiger partial charge in [0.15, 0.2) is 12.2 Å². The van der Waals surface area contributed by atoms with Gasteiger partial charge in [0, 0.05) is 25.7 Å². The van der Waals surface area contributed by atoms with Gasteiger partial charge in [-0.2, -0.15) is 0 Å². The molecule has 102 heavy (non-hydrogen) atoms. The molecule has 17 nitrogen and oxygen atoms in total. The van der Waals surface area contributed by atoms with E-state index in [1.165, 1.54) is 38.5 Å². The molecule has 0 aromatic heterocycles. The van der Waals surface area contributed by atoms with E-state index in [1.54, 1.807) is 0 Å². The van der Waals surface area contributed by atoms with E-state index in [4.69, 9.17) is 37.0 Å². The molecule has 0 amide bonds. The van der Waals surface area contributed by atoms with E-state index in [0.29, 0.717) is 25.7 Å². The summed E-state index contributed by atoms with van der Waals surface area (Å²) in [5.74, 6) is -2.25. The maximum absolute atomic E-state index is 13.1. The van der Waals surface area contributed by atoms with E-state index in [0.717, 1.165) is 193 Å². The molecule has 0 fully saturated rings. The monoisotopic (exact) mass is 1470 g/mol. The molecule has 0 aliphatic heterocycles. The lowest BCUT2D eigenvalue weighted by atomic mass is 10.1. The molecule has 0 aromatic rings. The topological polar surface area (TPSA) is 237 Å². The molecule has 0 aliphatic carbocycles. The predicted octanol–water partition coefficient (Wildman–Crippen LogP) is 22.9. The Kier molecular flexibility index (Phi) is 71.0. The summed E-state index contributed by atoms with van der Waals surface area (Å²) in [5.41, 5.74) is 0. The Balaban J connectivity index is 5.42. The number of carbonyl (C=O) groups is 4. The second kappa shape index (κ2) is 74.5. The molecule has 0 spiro atoms. The lowest BCUT2D eigenvalue weighted by Gasteiger charge is -2.21. The Bertz CT molecular complexity index is 2460. The normalized spacial score (nSPS) is 14.6. The van der Waals surface area contributed by atoms with Gasteiger partial charge >= 0.3 is 39.5 Å². The first-order valence-corrected chi connectivity index (χ1v) is 42.4. The van der Waals surface area contributed by atoms with Gasteiger partial charge in [-0.15, -0.1) is 0 Å². The van der Waals surface area contributed by atoms with Crippen LogP contribution in [0.4, 0.5) is 0 Å². The number of phosphoric acid groups is 2. The molecule has 0 saturated carbocycles. The summed E-state index contributed by atoms with van der Waals surface area (Å²) in [5, 5.41) is 10.6. The molecule has 3 N–H and O–H groups in total. The van der Waals surface area contributed by atoms with Crippen LogP contribution in [0.15, 0.2) is 134 Å². The summed E-state index contributed by atoms with van der Waals surface area (Å²) in [6.45, 7) is 4.47. The molecular formula is C83H140O17P2. The maximum Gasteiger partial charge on any atom is 0.472 e. The number of allylic oxidation sites excluding steroid dienone is 22. The van der Waals surface area contributed by atoms with Crippen LogP contribution in [-0.4, -0.2) is 96.7 Å². The number of unbranched alkanes of at least 4 members (excludes halogenated alkanes) is 25. The Morgan fingerprint density at radius 3 is 0.794 bits per heavy atom. The van der Waals surface area contributed by atoms with E-state index in [1.807, 2.05) is 0 Å². The van der Waals surface area contributed by atoms with E-state index >= 15 is 0 Å². The van der Waals surface area contributed by atoms with Gasteiger partial charge in [-0.05, 0) is 154 Å². The summed E-state index contributed by atoms with van der Waals surface area (Å²) in [4.78, 5) is 73.0. The van der Waals surface area contributed by atoms with Gasteiger partial charge < -0.3 is 33.8 Å². The zero-order valence-electron chi connectivity index (χ0n) is 63.7. The van der Waals surface area contributed by atoms with E-state index < -0.39 is 97.5 Å². The Morgan fingerprint density at radius 2 is 0.510 bits per heavy atom. The fourth-order valence-electron chi connectivity index (χ4n) is 10.2. The van der Waals surface area contributed by atoms with Crippen LogP contribution in [0.2, 0.25) is 0 Å². The van der Waals surface area contributed by atoms with Crippen molar-refractivity contribution in [3.05, 3.63) is 134 Å². The number of esters is 4. The molecule has 0 bridgehead atoms. The van der Waals surface area contributed by atoms with Gasteiger partial charge in [-0.1, -0.05) is 264 Å². The summed E-state index contributed by atoms with van der Waals surface area (Å²) in [7, 11) is -9.98. The molecule has 0 rings (SSSR count). The van der Waals surface area contributed by atoms with Gasteiger partial charge in [0.2, 0.25) is 0 Å². The highest BCUT2D eigenvalue weighted by Crippen LogP contribution is 2.45. The second-order valence-corrected chi connectivity index (χ2v) is 28.8. The molecule has 584 valence electrons. The summed E-state index contributed by atoms with van der Waals surface area (Å²) < 4.78 is 68.5. The SMILES string of the molecule is CC/C=C\C/C=C\C/C=C\C/C=C\CCCCCCC(=O)OCC(COP(=O)(O)OCC(O)COP(=O)(O)OCC(COC(=O)CCCCCCC/C=C\C/C=C\C/C=C\CC)OC(=O)CCCCCCC/C=C\CCCCCCCC)OC(=O)CCCCCCC/C=C\C/C=C\C/C=C\CC. The largest absolute Gasteiger partial charge is 0.472 e. The second-order valence-electron chi connectivity index (χ2n) is 25.9. The average Bonchev–Trinajstić information content (AvgIpc) is 0.923. The van der Waals surface area contributed by atoms with E-state index in [2.05, 4.69) is 161 Å². The molecule has 0 aliphatic rings.